The summed E-state index contributed by atoms with van der Waals surface area (Å²) in [5.41, 5.74) is 2.82. The summed E-state index contributed by atoms with van der Waals surface area (Å²) in [7, 11) is 4.15. The first-order chi connectivity index (χ1) is 12.1. The molecule has 1 aliphatic heterocycles. The summed E-state index contributed by atoms with van der Waals surface area (Å²) < 4.78 is 12.1. The Labute approximate surface area is 147 Å². The molecule has 1 aromatic heterocycles. The third kappa shape index (κ3) is 2.55. The first-order valence-corrected chi connectivity index (χ1v) is 8.46. The Hall–Kier alpha value is -2.55. The van der Waals surface area contributed by atoms with Gasteiger partial charge in [-0.15, -0.1) is 0 Å². The highest BCUT2D eigenvalue weighted by atomic mass is 16.5. The number of benzene rings is 2. The first kappa shape index (κ1) is 15.9. The lowest BCUT2D eigenvalue weighted by molar-refractivity contribution is 0.0912. The summed E-state index contributed by atoms with van der Waals surface area (Å²) in [5, 5.41) is 12.5. The molecule has 0 fully saturated rings. The van der Waals surface area contributed by atoms with Crippen LogP contribution < -0.4 is 4.74 Å². The maximum absolute atomic E-state index is 9.40. The quantitative estimate of drug-likeness (QED) is 0.733. The van der Waals surface area contributed by atoms with E-state index in [0.29, 0.717) is 12.5 Å². The van der Waals surface area contributed by atoms with Crippen molar-refractivity contribution in [3.8, 4) is 11.8 Å². The van der Waals surface area contributed by atoms with Crippen molar-refractivity contribution in [2.75, 3.05) is 33.9 Å². The molecule has 2 aromatic carbocycles. The van der Waals surface area contributed by atoms with E-state index in [1.807, 2.05) is 25.1 Å². The number of rotatable bonds is 3. The SMILES string of the molecule is Cc1c(C#N)oc2c1c1c(c3ccccc32)OCN(CCN(C)C)C1. The molecule has 0 saturated heterocycles. The van der Waals surface area contributed by atoms with E-state index >= 15 is 0 Å². The number of nitrogens with zero attached hydrogens (tertiary/aromatic N) is 3. The second-order valence-corrected chi connectivity index (χ2v) is 6.85. The molecular weight excluding hydrogens is 314 g/mol. The predicted octanol–water partition coefficient (Wildman–Crippen LogP) is 3.48. The second-order valence-electron chi connectivity index (χ2n) is 6.85. The molecule has 0 N–H and O–H groups in total. The van der Waals surface area contributed by atoms with Gasteiger partial charge in [0.25, 0.3) is 0 Å². The average Bonchev–Trinajstić information content (AvgIpc) is 2.97. The maximum atomic E-state index is 9.40. The molecule has 2 heterocycles. The topological polar surface area (TPSA) is 52.6 Å². The molecule has 0 saturated carbocycles. The normalized spacial score (nSPS) is 14.7. The Bertz CT molecular complexity index is 998. The van der Waals surface area contributed by atoms with Gasteiger partial charge < -0.3 is 14.1 Å². The minimum Gasteiger partial charge on any atom is -0.477 e. The fourth-order valence-electron chi connectivity index (χ4n) is 3.55. The Morgan fingerprint density at radius 3 is 2.72 bits per heavy atom. The zero-order valence-electron chi connectivity index (χ0n) is 14.8. The van der Waals surface area contributed by atoms with Crippen LogP contribution in [0.25, 0.3) is 21.7 Å². The summed E-state index contributed by atoms with van der Waals surface area (Å²) in [6.45, 7) is 5.25. The van der Waals surface area contributed by atoms with E-state index in [9.17, 15) is 5.26 Å². The smallest absolute Gasteiger partial charge is 0.207 e. The zero-order chi connectivity index (χ0) is 17.6. The number of hydrogen-bond donors (Lipinski definition) is 0. The minimum atomic E-state index is 0.388. The molecule has 3 aromatic rings. The van der Waals surface area contributed by atoms with E-state index in [-0.39, 0.29) is 0 Å². The Balaban J connectivity index is 1.92. The summed E-state index contributed by atoms with van der Waals surface area (Å²) in [4.78, 5) is 4.46. The summed E-state index contributed by atoms with van der Waals surface area (Å²) in [6.07, 6.45) is 0. The highest BCUT2D eigenvalue weighted by molar-refractivity contribution is 6.11. The number of aryl methyl sites for hydroxylation is 1. The molecule has 0 bridgehead atoms. The Morgan fingerprint density at radius 1 is 1.24 bits per heavy atom. The van der Waals surface area contributed by atoms with Crippen molar-refractivity contribution in [3.05, 3.63) is 41.2 Å². The van der Waals surface area contributed by atoms with Gasteiger partial charge in [-0.25, -0.2) is 0 Å². The van der Waals surface area contributed by atoms with Crippen molar-refractivity contribution in [1.82, 2.24) is 9.80 Å². The number of hydrogen-bond acceptors (Lipinski definition) is 5. The van der Waals surface area contributed by atoms with Crippen molar-refractivity contribution in [2.45, 2.75) is 13.5 Å². The molecule has 5 nitrogen and oxygen atoms in total. The highest BCUT2D eigenvalue weighted by Crippen LogP contribution is 2.43. The maximum Gasteiger partial charge on any atom is 0.207 e. The minimum absolute atomic E-state index is 0.388. The monoisotopic (exact) mass is 335 g/mol. The van der Waals surface area contributed by atoms with Gasteiger partial charge in [0.05, 0.1) is 0 Å². The van der Waals surface area contributed by atoms with Crippen molar-refractivity contribution < 1.29 is 9.15 Å². The van der Waals surface area contributed by atoms with Crippen LogP contribution >= 0.6 is 0 Å². The molecule has 0 radical (unpaired) electrons. The Kier molecular flexibility index (Phi) is 3.87. The largest absolute Gasteiger partial charge is 0.477 e. The molecule has 128 valence electrons. The van der Waals surface area contributed by atoms with Crippen molar-refractivity contribution >= 4 is 21.7 Å². The van der Waals surface area contributed by atoms with Crippen LogP contribution in [0.4, 0.5) is 0 Å². The number of likely N-dealkylation sites (N-methyl/N-ethyl adjacent to an activating group) is 1. The van der Waals surface area contributed by atoms with Crippen LogP contribution in [0.2, 0.25) is 0 Å². The van der Waals surface area contributed by atoms with Crippen molar-refractivity contribution in [3.63, 3.8) is 0 Å². The second kappa shape index (κ2) is 6.07. The van der Waals surface area contributed by atoms with Crippen LogP contribution in [-0.2, 0) is 6.54 Å². The van der Waals surface area contributed by atoms with E-state index in [0.717, 1.165) is 58.3 Å². The van der Waals surface area contributed by atoms with Gasteiger partial charge in [0.2, 0.25) is 5.76 Å². The van der Waals surface area contributed by atoms with Gasteiger partial charge in [-0.3, -0.25) is 4.90 Å². The zero-order valence-corrected chi connectivity index (χ0v) is 14.8. The van der Waals surface area contributed by atoms with Crippen LogP contribution in [0.3, 0.4) is 0 Å². The molecule has 5 heteroatoms. The third-order valence-corrected chi connectivity index (χ3v) is 4.88. The van der Waals surface area contributed by atoms with Gasteiger partial charge in [-0.1, -0.05) is 24.3 Å². The van der Waals surface area contributed by atoms with Crippen LogP contribution in [-0.4, -0.2) is 43.7 Å². The van der Waals surface area contributed by atoms with E-state index in [4.69, 9.17) is 9.15 Å². The van der Waals surface area contributed by atoms with E-state index < -0.39 is 0 Å². The molecule has 1 aliphatic rings. The van der Waals surface area contributed by atoms with Crippen LogP contribution in [0.1, 0.15) is 16.9 Å². The molecule has 0 amide bonds. The molecule has 0 aliphatic carbocycles. The van der Waals surface area contributed by atoms with Crippen molar-refractivity contribution in [2.24, 2.45) is 0 Å². The number of furan rings is 1. The third-order valence-electron chi connectivity index (χ3n) is 4.88. The van der Waals surface area contributed by atoms with Crippen LogP contribution in [0.5, 0.6) is 5.75 Å². The van der Waals surface area contributed by atoms with Gasteiger partial charge in [0.15, 0.2) is 0 Å². The number of ether oxygens (including phenoxy) is 1. The molecule has 0 unspecified atom stereocenters. The van der Waals surface area contributed by atoms with Crippen LogP contribution in [0, 0.1) is 18.3 Å². The van der Waals surface area contributed by atoms with Gasteiger partial charge in [0.1, 0.15) is 24.1 Å². The van der Waals surface area contributed by atoms with Gasteiger partial charge in [0, 0.05) is 46.9 Å². The average molecular weight is 335 g/mol. The van der Waals surface area contributed by atoms with E-state index in [2.05, 4.69) is 36.0 Å². The molecule has 0 atom stereocenters. The number of fused-ring (bicyclic) bond motifs is 6. The van der Waals surface area contributed by atoms with Gasteiger partial charge in [-0.2, -0.15) is 5.26 Å². The van der Waals surface area contributed by atoms with E-state index in [1.54, 1.807) is 0 Å². The van der Waals surface area contributed by atoms with Gasteiger partial charge >= 0.3 is 0 Å². The predicted molar refractivity (Wildman–Crippen MR) is 97.6 cm³/mol. The highest BCUT2D eigenvalue weighted by Gasteiger charge is 2.27. The van der Waals surface area contributed by atoms with Crippen molar-refractivity contribution in [1.29, 1.82) is 5.26 Å². The fourth-order valence-corrected chi connectivity index (χ4v) is 3.55. The summed E-state index contributed by atoms with van der Waals surface area (Å²) in [5.74, 6) is 1.32. The molecule has 25 heavy (non-hydrogen) atoms. The first-order valence-electron chi connectivity index (χ1n) is 8.46. The lowest BCUT2D eigenvalue weighted by Gasteiger charge is -2.31. The van der Waals surface area contributed by atoms with E-state index in [1.165, 1.54) is 0 Å². The fraction of sp³-hybridized carbons (Fsp3) is 0.350. The summed E-state index contributed by atoms with van der Waals surface area (Å²) >= 11 is 0. The Morgan fingerprint density at radius 2 is 2.00 bits per heavy atom. The lowest BCUT2D eigenvalue weighted by Crippen LogP contribution is -2.37. The molecular formula is C20H21N3O2. The lowest BCUT2D eigenvalue weighted by atomic mass is 9.97. The standard InChI is InChI=1S/C20H21N3O2/c1-13-17(10-21)25-20-15-7-5-4-6-14(15)19-16(18(13)20)11-23(12-24-19)9-8-22(2)3/h4-7H,8-9,11-12H2,1-3H3. The number of nitriles is 1. The van der Waals surface area contributed by atoms with Crippen LogP contribution in [0.15, 0.2) is 28.7 Å². The summed E-state index contributed by atoms with van der Waals surface area (Å²) in [6, 6.07) is 10.3. The van der Waals surface area contributed by atoms with Gasteiger partial charge in [-0.05, 0) is 21.0 Å². The molecule has 0 spiro atoms. The molecule has 4 rings (SSSR count).